The van der Waals surface area contributed by atoms with Gasteiger partial charge in [-0.1, -0.05) is 30.4 Å². The van der Waals surface area contributed by atoms with Crippen LogP contribution in [0.4, 0.5) is 0 Å². The Balaban J connectivity index is 0.00000288. The first-order valence-electron chi connectivity index (χ1n) is 8.07. The van der Waals surface area contributed by atoms with E-state index in [1.165, 1.54) is 5.56 Å². The second-order valence-corrected chi connectivity index (χ2v) is 5.96. The molecule has 2 N–H and O–H groups in total. The minimum absolute atomic E-state index is 0. The number of likely N-dealkylation sites (N-methyl/N-ethyl adjacent to an activating group) is 1. The molecule has 0 saturated heterocycles. The van der Waals surface area contributed by atoms with E-state index in [0.29, 0.717) is 6.04 Å². The van der Waals surface area contributed by atoms with Crippen LogP contribution in [0, 0.1) is 0 Å². The summed E-state index contributed by atoms with van der Waals surface area (Å²) >= 11 is 0. The molecule has 134 valence electrons. The number of hydrogen-bond donors (Lipinski definition) is 2. The molecule has 0 spiro atoms. The van der Waals surface area contributed by atoms with Crippen molar-refractivity contribution in [2.45, 2.75) is 24.9 Å². The molecular formula is C18H29IN4O. The standard InChI is InChI=1S/C18H28N4O.HI/c1-19-18(21-14-9-5-6-10-14)20-13-16(22(2)3)15-11-7-8-12-17(15)23-4;/h5-8,11-12,14,16H,9-10,13H2,1-4H3,(H2,19,20,21);1H. The number of aliphatic imine (C=N–C) groups is 1. The second kappa shape index (κ2) is 10.6. The Morgan fingerprint density at radius 1 is 1.29 bits per heavy atom. The van der Waals surface area contributed by atoms with Crippen LogP contribution in [-0.2, 0) is 0 Å². The number of guanidine groups is 1. The monoisotopic (exact) mass is 444 g/mol. The lowest BCUT2D eigenvalue weighted by atomic mass is 10.0. The molecule has 0 heterocycles. The summed E-state index contributed by atoms with van der Waals surface area (Å²) in [7, 11) is 7.68. The van der Waals surface area contributed by atoms with Gasteiger partial charge in [0.1, 0.15) is 5.75 Å². The molecule has 0 radical (unpaired) electrons. The summed E-state index contributed by atoms with van der Waals surface area (Å²) in [6.45, 7) is 0.757. The maximum absolute atomic E-state index is 5.51. The number of nitrogens with zero attached hydrogens (tertiary/aromatic N) is 2. The molecular weight excluding hydrogens is 415 g/mol. The molecule has 1 aromatic rings. The van der Waals surface area contributed by atoms with Crippen LogP contribution in [0.3, 0.4) is 0 Å². The van der Waals surface area contributed by atoms with E-state index in [9.17, 15) is 0 Å². The van der Waals surface area contributed by atoms with E-state index in [1.807, 2.05) is 25.2 Å². The van der Waals surface area contributed by atoms with Gasteiger partial charge in [0.15, 0.2) is 5.96 Å². The smallest absolute Gasteiger partial charge is 0.191 e. The van der Waals surface area contributed by atoms with E-state index >= 15 is 0 Å². The Hall–Kier alpha value is -1.28. The topological polar surface area (TPSA) is 48.9 Å². The number of ether oxygens (including phenoxy) is 1. The maximum atomic E-state index is 5.51. The SMILES string of the molecule is CN=C(NCC(c1ccccc1OC)N(C)C)NC1CC=CC1.I. The van der Waals surface area contributed by atoms with Gasteiger partial charge in [-0.05, 0) is 33.0 Å². The predicted molar refractivity (Wildman–Crippen MR) is 111 cm³/mol. The molecule has 1 unspecified atom stereocenters. The molecule has 0 aromatic heterocycles. The number of nitrogens with one attached hydrogen (secondary N) is 2. The van der Waals surface area contributed by atoms with Gasteiger partial charge in [0.2, 0.25) is 0 Å². The van der Waals surface area contributed by atoms with Crippen molar-refractivity contribution < 1.29 is 4.74 Å². The Morgan fingerprint density at radius 3 is 2.54 bits per heavy atom. The Kier molecular flexibility index (Phi) is 9.13. The third-order valence-corrected chi connectivity index (χ3v) is 4.16. The van der Waals surface area contributed by atoms with Crippen molar-refractivity contribution in [1.29, 1.82) is 0 Å². The highest BCUT2D eigenvalue weighted by Gasteiger charge is 2.19. The van der Waals surface area contributed by atoms with Crippen LogP contribution >= 0.6 is 24.0 Å². The van der Waals surface area contributed by atoms with Gasteiger partial charge in [0.05, 0.1) is 13.2 Å². The van der Waals surface area contributed by atoms with E-state index < -0.39 is 0 Å². The average Bonchev–Trinajstić information content (AvgIpc) is 3.07. The molecule has 1 aliphatic rings. The van der Waals surface area contributed by atoms with Crippen LogP contribution in [-0.4, -0.2) is 51.7 Å². The van der Waals surface area contributed by atoms with Crippen LogP contribution in [0.25, 0.3) is 0 Å². The van der Waals surface area contributed by atoms with E-state index in [2.05, 4.69) is 52.8 Å². The summed E-state index contributed by atoms with van der Waals surface area (Å²) in [5.41, 5.74) is 1.17. The Labute approximate surface area is 162 Å². The highest BCUT2D eigenvalue weighted by Crippen LogP contribution is 2.27. The van der Waals surface area contributed by atoms with Gasteiger partial charge < -0.3 is 20.3 Å². The van der Waals surface area contributed by atoms with Gasteiger partial charge in [-0.25, -0.2) is 0 Å². The Morgan fingerprint density at radius 2 is 1.96 bits per heavy atom. The summed E-state index contributed by atoms with van der Waals surface area (Å²) in [6, 6.07) is 8.81. The summed E-state index contributed by atoms with van der Waals surface area (Å²) in [5, 5.41) is 6.91. The lowest BCUT2D eigenvalue weighted by molar-refractivity contribution is 0.287. The lowest BCUT2D eigenvalue weighted by Gasteiger charge is -2.28. The molecule has 0 amide bonds. The third-order valence-electron chi connectivity index (χ3n) is 4.16. The van der Waals surface area contributed by atoms with E-state index in [-0.39, 0.29) is 30.0 Å². The first kappa shape index (κ1) is 20.8. The second-order valence-electron chi connectivity index (χ2n) is 5.96. The normalized spacial score (nSPS) is 16.0. The van der Waals surface area contributed by atoms with E-state index in [4.69, 9.17) is 4.74 Å². The van der Waals surface area contributed by atoms with Crippen LogP contribution in [0.5, 0.6) is 5.75 Å². The highest BCUT2D eigenvalue weighted by molar-refractivity contribution is 14.0. The van der Waals surface area contributed by atoms with Crippen molar-refractivity contribution in [2.24, 2.45) is 4.99 Å². The molecule has 2 rings (SSSR count). The number of methoxy groups -OCH3 is 1. The summed E-state index contributed by atoms with van der Waals surface area (Å²) < 4.78 is 5.51. The molecule has 1 aromatic carbocycles. The molecule has 1 aliphatic carbocycles. The molecule has 6 heteroatoms. The number of halogens is 1. The number of para-hydroxylation sites is 1. The summed E-state index contributed by atoms with van der Waals surface area (Å²) in [5.74, 6) is 1.76. The highest BCUT2D eigenvalue weighted by atomic mass is 127. The molecule has 1 atom stereocenters. The summed E-state index contributed by atoms with van der Waals surface area (Å²) in [6.07, 6.45) is 6.54. The van der Waals surface area contributed by atoms with Gasteiger partial charge in [0.25, 0.3) is 0 Å². The largest absolute Gasteiger partial charge is 0.496 e. The fourth-order valence-corrected chi connectivity index (χ4v) is 2.83. The maximum Gasteiger partial charge on any atom is 0.191 e. The quantitative estimate of drug-likeness (QED) is 0.307. The molecule has 0 aliphatic heterocycles. The van der Waals surface area contributed by atoms with Crippen LogP contribution in [0.15, 0.2) is 41.4 Å². The third kappa shape index (κ3) is 5.66. The average molecular weight is 444 g/mol. The molecule has 5 nitrogen and oxygen atoms in total. The molecule has 0 fully saturated rings. The molecule has 0 saturated carbocycles. The van der Waals surface area contributed by atoms with Gasteiger partial charge in [-0.3, -0.25) is 4.99 Å². The van der Waals surface area contributed by atoms with Crippen molar-refractivity contribution >= 4 is 29.9 Å². The van der Waals surface area contributed by atoms with Crippen LogP contribution in [0.1, 0.15) is 24.4 Å². The zero-order valence-corrected chi connectivity index (χ0v) is 17.3. The van der Waals surface area contributed by atoms with Crippen molar-refractivity contribution in [3.8, 4) is 5.75 Å². The van der Waals surface area contributed by atoms with Crippen molar-refractivity contribution in [3.05, 3.63) is 42.0 Å². The number of benzene rings is 1. The summed E-state index contributed by atoms with van der Waals surface area (Å²) in [4.78, 5) is 6.53. The minimum Gasteiger partial charge on any atom is -0.496 e. The van der Waals surface area contributed by atoms with Gasteiger partial charge >= 0.3 is 0 Å². The fourth-order valence-electron chi connectivity index (χ4n) is 2.83. The minimum atomic E-state index is 0. The van der Waals surface area contributed by atoms with Crippen molar-refractivity contribution in [1.82, 2.24) is 15.5 Å². The molecule has 24 heavy (non-hydrogen) atoms. The molecule has 0 bridgehead atoms. The van der Waals surface area contributed by atoms with E-state index in [0.717, 1.165) is 31.1 Å². The van der Waals surface area contributed by atoms with Gasteiger partial charge in [-0.2, -0.15) is 0 Å². The predicted octanol–water partition coefficient (Wildman–Crippen LogP) is 2.80. The van der Waals surface area contributed by atoms with Crippen molar-refractivity contribution in [3.63, 3.8) is 0 Å². The van der Waals surface area contributed by atoms with Crippen LogP contribution in [0.2, 0.25) is 0 Å². The zero-order valence-electron chi connectivity index (χ0n) is 15.0. The Bertz CT molecular complexity index is 552. The number of rotatable bonds is 6. The van der Waals surface area contributed by atoms with Gasteiger partial charge in [0, 0.05) is 25.2 Å². The zero-order chi connectivity index (χ0) is 16.7. The lowest BCUT2D eigenvalue weighted by Crippen LogP contribution is -2.45. The van der Waals surface area contributed by atoms with Crippen LogP contribution < -0.4 is 15.4 Å². The van der Waals surface area contributed by atoms with Crippen molar-refractivity contribution in [2.75, 3.05) is 34.8 Å². The first-order valence-corrected chi connectivity index (χ1v) is 8.07. The first-order chi connectivity index (χ1) is 11.2. The van der Waals surface area contributed by atoms with E-state index in [1.54, 1.807) is 7.11 Å². The fraction of sp³-hybridized carbons (Fsp3) is 0.500. The number of hydrogen-bond acceptors (Lipinski definition) is 3. The van der Waals surface area contributed by atoms with Gasteiger partial charge in [-0.15, -0.1) is 24.0 Å².